The molecule has 14 heavy (non-hydrogen) atoms. The highest BCUT2D eigenvalue weighted by atomic mass is 16.3. The van der Waals surface area contributed by atoms with Gasteiger partial charge in [0, 0.05) is 0 Å². The van der Waals surface area contributed by atoms with E-state index in [9.17, 15) is 0 Å². The Hall–Kier alpha value is -2.04. The molecule has 0 aliphatic rings. The first-order valence-electron chi connectivity index (χ1n) is 4.03. The van der Waals surface area contributed by atoms with Crippen LogP contribution in [0.25, 0.3) is 0 Å². The first kappa shape index (κ1) is 10.0. The fraction of sp³-hybridized carbons (Fsp3) is 0.111. The summed E-state index contributed by atoms with van der Waals surface area (Å²) >= 11 is 0. The van der Waals surface area contributed by atoms with Crippen LogP contribution in [0.2, 0.25) is 0 Å². The Bertz CT molecular complexity index is 356. The van der Waals surface area contributed by atoms with Gasteiger partial charge in [-0.15, -0.1) is 0 Å². The highest BCUT2D eigenvalue weighted by Gasteiger charge is 1.96. The molecule has 1 aromatic rings. The Labute approximate surface area is 81.8 Å². The number of hydrogen-bond donors (Lipinski definition) is 4. The minimum Gasteiger partial charge on any atom is -0.508 e. The molecule has 0 amide bonds. The van der Waals surface area contributed by atoms with Crippen molar-refractivity contribution in [3.8, 4) is 5.75 Å². The van der Waals surface area contributed by atoms with Gasteiger partial charge in [-0.2, -0.15) is 5.10 Å². The van der Waals surface area contributed by atoms with Crippen molar-refractivity contribution in [1.29, 1.82) is 5.41 Å². The van der Waals surface area contributed by atoms with Crippen LogP contribution < -0.4 is 11.2 Å². The van der Waals surface area contributed by atoms with Crippen LogP contribution in [0.5, 0.6) is 5.75 Å². The van der Waals surface area contributed by atoms with Gasteiger partial charge in [0.25, 0.3) is 0 Å². The van der Waals surface area contributed by atoms with Crippen molar-refractivity contribution >= 4 is 11.7 Å². The summed E-state index contributed by atoms with van der Waals surface area (Å²) in [5, 5.41) is 19.8. The molecule has 1 aromatic carbocycles. The minimum absolute atomic E-state index is 0.205. The molecule has 0 radical (unpaired) electrons. The van der Waals surface area contributed by atoms with E-state index >= 15 is 0 Å². The summed E-state index contributed by atoms with van der Waals surface area (Å²) in [4.78, 5) is 0. The predicted molar refractivity (Wildman–Crippen MR) is 55.4 cm³/mol. The summed E-state index contributed by atoms with van der Waals surface area (Å²) in [5.74, 6) is 0.00389. The lowest BCUT2D eigenvalue weighted by Crippen LogP contribution is -2.26. The molecule has 0 aromatic heterocycles. The molecule has 0 spiro atoms. The molecular weight excluding hydrogens is 180 g/mol. The molecule has 0 heterocycles. The van der Waals surface area contributed by atoms with Gasteiger partial charge in [0.15, 0.2) is 0 Å². The first-order valence-corrected chi connectivity index (χ1v) is 4.03. The number of phenolic OH excluding ortho intramolecular Hbond substituents is 1. The SMILES string of the molecule is C/C(=N/NC(=N)N)c1ccc(O)cc1. The number of rotatable bonds is 2. The molecule has 0 atom stereocenters. The van der Waals surface area contributed by atoms with Crippen LogP contribution in [0, 0.1) is 5.41 Å². The van der Waals surface area contributed by atoms with Gasteiger partial charge in [-0.3, -0.25) is 5.41 Å². The van der Waals surface area contributed by atoms with E-state index in [1.807, 2.05) is 0 Å². The van der Waals surface area contributed by atoms with Gasteiger partial charge >= 0.3 is 0 Å². The third kappa shape index (κ3) is 2.78. The first-order chi connectivity index (χ1) is 6.59. The van der Waals surface area contributed by atoms with E-state index in [-0.39, 0.29) is 11.7 Å². The van der Waals surface area contributed by atoms with Crippen molar-refractivity contribution in [3.05, 3.63) is 29.8 Å². The number of benzene rings is 1. The van der Waals surface area contributed by atoms with Gasteiger partial charge < -0.3 is 10.8 Å². The minimum atomic E-state index is -0.205. The second-order valence-corrected chi connectivity index (χ2v) is 2.77. The zero-order valence-corrected chi connectivity index (χ0v) is 7.78. The van der Waals surface area contributed by atoms with Gasteiger partial charge in [-0.25, -0.2) is 5.43 Å². The second-order valence-electron chi connectivity index (χ2n) is 2.77. The molecule has 5 nitrogen and oxygen atoms in total. The zero-order valence-electron chi connectivity index (χ0n) is 7.78. The molecule has 74 valence electrons. The van der Waals surface area contributed by atoms with Crippen LogP contribution in [-0.2, 0) is 0 Å². The third-order valence-electron chi connectivity index (χ3n) is 1.63. The van der Waals surface area contributed by atoms with Gasteiger partial charge in [0.05, 0.1) is 5.71 Å². The van der Waals surface area contributed by atoms with Crippen molar-refractivity contribution in [2.24, 2.45) is 10.8 Å². The van der Waals surface area contributed by atoms with Crippen LogP contribution in [0.3, 0.4) is 0 Å². The van der Waals surface area contributed by atoms with E-state index in [4.69, 9.17) is 16.2 Å². The Kier molecular flexibility index (Phi) is 3.06. The molecule has 0 bridgehead atoms. The van der Waals surface area contributed by atoms with Crippen LogP contribution in [-0.4, -0.2) is 16.8 Å². The number of nitrogens with two attached hydrogens (primary N) is 1. The Balaban J connectivity index is 2.78. The molecule has 1 rings (SSSR count). The van der Waals surface area contributed by atoms with Crippen molar-refractivity contribution < 1.29 is 5.11 Å². The maximum absolute atomic E-state index is 9.05. The lowest BCUT2D eigenvalue weighted by Gasteiger charge is -2.01. The van der Waals surface area contributed by atoms with Crippen molar-refractivity contribution in [2.45, 2.75) is 6.92 Å². The molecule has 0 saturated heterocycles. The number of guanidine groups is 1. The third-order valence-corrected chi connectivity index (χ3v) is 1.63. The monoisotopic (exact) mass is 192 g/mol. The topological polar surface area (TPSA) is 94.5 Å². The lowest BCUT2D eigenvalue weighted by atomic mass is 10.1. The zero-order chi connectivity index (χ0) is 10.6. The maximum atomic E-state index is 9.05. The molecule has 0 aliphatic heterocycles. The largest absolute Gasteiger partial charge is 0.508 e. The fourth-order valence-corrected chi connectivity index (χ4v) is 0.911. The number of nitrogens with one attached hydrogen (secondary N) is 2. The Morgan fingerprint density at radius 1 is 1.43 bits per heavy atom. The van der Waals surface area contributed by atoms with E-state index in [0.717, 1.165) is 5.56 Å². The van der Waals surface area contributed by atoms with Crippen LogP contribution in [0.4, 0.5) is 0 Å². The van der Waals surface area contributed by atoms with Gasteiger partial charge in [0.2, 0.25) is 5.96 Å². The van der Waals surface area contributed by atoms with Gasteiger partial charge in [0.1, 0.15) is 5.75 Å². The summed E-state index contributed by atoms with van der Waals surface area (Å²) < 4.78 is 0. The van der Waals surface area contributed by atoms with E-state index in [1.165, 1.54) is 0 Å². The van der Waals surface area contributed by atoms with Crippen molar-refractivity contribution in [1.82, 2.24) is 5.43 Å². The Morgan fingerprint density at radius 2 is 2.00 bits per heavy atom. The molecule has 0 unspecified atom stereocenters. The maximum Gasteiger partial charge on any atom is 0.206 e. The molecule has 0 saturated carbocycles. The predicted octanol–water partition coefficient (Wildman–Crippen LogP) is 0.599. The average molecular weight is 192 g/mol. The van der Waals surface area contributed by atoms with Crippen molar-refractivity contribution in [2.75, 3.05) is 0 Å². The number of phenols is 1. The van der Waals surface area contributed by atoms with E-state index in [2.05, 4.69) is 10.5 Å². The average Bonchev–Trinajstić information content (AvgIpc) is 2.15. The van der Waals surface area contributed by atoms with E-state index in [1.54, 1.807) is 31.2 Å². The lowest BCUT2D eigenvalue weighted by molar-refractivity contribution is 0.475. The normalized spacial score (nSPS) is 11.1. The smallest absolute Gasteiger partial charge is 0.206 e. The molecule has 5 N–H and O–H groups in total. The van der Waals surface area contributed by atoms with Gasteiger partial charge in [-0.1, -0.05) is 0 Å². The number of hydrazone groups is 1. The second kappa shape index (κ2) is 4.27. The van der Waals surface area contributed by atoms with E-state index in [0.29, 0.717) is 5.71 Å². The summed E-state index contributed by atoms with van der Waals surface area (Å²) in [5.41, 5.74) is 8.97. The van der Waals surface area contributed by atoms with Crippen LogP contribution in [0.15, 0.2) is 29.4 Å². The van der Waals surface area contributed by atoms with Crippen LogP contribution in [0.1, 0.15) is 12.5 Å². The molecular formula is C9H12N4O. The Morgan fingerprint density at radius 3 is 2.50 bits per heavy atom. The summed E-state index contributed by atoms with van der Waals surface area (Å²) in [6, 6.07) is 6.61. The van der Waals surface area contributed by atoms with Gasteiger partial charge in [-0.05, 0) is 36.8 Å². The molecule has 0 aliphatic carbocycles. The molecule has 0 fully saturated rings. The van der Waals surface area contributed by atoms with Crippen LogP contribution >= 0.6 is 0 Å². The molecule has 5 heteroatoms. The highest BCUT2D eigenvalue weighted by molar-refractivity contribution is 5.99. The van der Waals surface area contributed by atoms with Crippen molar-refractivity contribution in [3.63, 3.8) is 0 Å². The fourth-order valence-electron chi connectivity index (χ4n) is 0.911. The summed E-state index contributed by atoms with van der Waals surface area (Å²) in [6.07, 6.45) is 0. The number of hydrogen-bond acceptors (Lipinski definition) is 3. The highest BCUT2D eigenvalue weighted by Crippen LogP contribution is 2.09. The van der Waals surface area contributed by atoms with E-state index < -0.39 is 0 Å². The quantitative estimate of drug-likeness (QED) is 0.314. The number of aromatic hydroxyl groups is 1. The summed E-state index contributed by atoms with van der Waals surface area (Å²) in [6.45, 7) is 1.78. The number of nitrogens with zero attached hydrogens (tertiary/aromatic N) is 1. The standard InChI is InChI=1S/C9H12N4O/c1-6(12-13-9(10)11)7-2-4-8(14)5-3-7/h2-5,14H,1H3,(H4,10,11,13)/b12-6-. The summed E-state index contributed by atoms with van der Waals surface area (Å²) in [7, 11) is 0.